The van der Waals surface area contributed by atoms with Crippen molar-refractivity contribution in [2.75, 3.05) is 6.54 Å². The first-order valence-electron chi connectivity index (χ1n) is 7.95. The Balaban J connectivity index is 1.75. The molecule has 0 aliphatic carbocycles. The molecule has 24 heavy (non-hydrogen) atoms. The lowest BCUT2D eigenvalue weighted by molar-refractivity contribution is 0.173. The van der Waals surface area contributed by atoms with Gasteiger partial charge in [0.15, 0.2) is 0 Å². The summed E-state index contributed by atoms with van der Waals surface area (Å²) in [6.07, 6.45) is -0.647. The topological polar surface area (TPSA) is 70.6 Å². The van der Waals surface area contributed by atoms with Gasteiger partial charge in [-0.25, -0.2) is 4.79 Å². The number of amides is 2. The van der Waals surface area contributed by atoms with E-state index in [1.165, 1.54) is 4.88 Å². The maximum absolute atomic E-state index is 11.8. The van der Waals surface area contributed by atoms with Crippen molar-refractivity contribution in [2.45, 2.75) is 39.5 Å². The van der Waals surface area contributed by atoms with E-state index in [1.807, 2.05) is 45.0 Å². The Morgan fingerprint density at radius 3 is 2.46 bits per heavy atom. The number of nitrogens with one attached hydrogen (secondary N) is 2. The molecule has 1 aromatic carbocycles. The molecule has 2 rings (SSSR count). The first-order valence-corrected chi connectivity index (χ1v) is 8.77. The van der Waals surface area contributed by atoms with Crippen molar-refractivity contribution >= 4 is 17.4 Å². The normalized spacial score (nSPS) is 12.0. The molecule has 5 nitrogen and oxygen atoms in total. The molecule has 0 saturated carbocycles. The minimum atomic E-state index is -0.757. The average Bonchev–Trinajstić information content (AvgIpc) is 2.96. The highest BCUT2D eigenvalue weighted by atomic mass is 32.1. The van der Waals surface area contributed by atoms with Crippen molar-refractivity contribution in [1.29, 1.82) is 0 Å². The van der Waals surface area contributed by atoms with E-state index in [4.69, 9.17) is 4.74 Å². The van der Waals surface area contributed by atoms with Gasteiger partial charge >= 0.3 is 6.03 Å². The molecule has 2 amide bonds. The molecule has 0 aliphatic rings. The number of rotatable bonds is 7. The molecule has 1 unspecified atom stereocenters. The van der Waals surface area contributed by atoms with Crippen LogP contribution < -0.4 is 15.4 Å². The van der Waals surface area contributed by atoms with Crippen LogP contribution in [0.25, 0.3) is 0 Å². The zero-order valence-corrected chi connectivity index (χ0v) is 15.0. The van der Waals surface area contributed by atoms with Gasteiger partial charge in [-0.15, -0.1) is 11.3 Å². The van der Waals surface area contributed by atoms with Gasteiger partial charge in [0, 0.05) is 16.3 Å². The summed E-state index contributed by atoms with van der Waals surface area (Å²) in [5.74, 6) is 0.762. The molecule has 0 bridgehead atoms. The molecule has 130 valence electrons. The van der Waals surface area contributed by atoms with Gasteiger partial charge in [-0.3, -0.25) is 0 Å². The summed E-state index contributed by atoms with van der Waals surface area (Å²) >= 11 is 1.65. The second-order valence-electron chi connectivity index (χ2n) is 5.83. The average molecular weight is 348 g/mol. The molecule has 0 fully saturated rings. The van der Waals surface area contributed by atoms with Crippen molar-refractivity contribution in [3.8, 4) is 5.75 Å². The molecule has 0 spiro atoms. The second kappa shape index (κ2) is 8.70. The second-order valence-corrected chi connectivity index (χ2v) is 7.20. The summed E-state index contributed by atoms with van der Waals surface area (Å²) in [6, 6.07) is 11.0. The maximum atomic E-state index is 11.8. The van der Waals surface area contributed by atoms with Gasteiger partial charge in [-0.2, -0.15) is 0 Å². The van der Waals surface area contributed by atoms with E-state index in [0.29, 0.717) is 6.54 Å². The Labute approximate surface area is 146 Å². The number of ether oxygens (including phenoxy) is 1. The molecule has 1 atom stereocenters. The molecule has 6 heteroatoms. The van der Waals surface area contributed by atoms with Gasteiger partial charge in [-0.05, 0) is 50.6 Å². The smallest absolute Gasteiger partial charge is 0.315 e. The van der Waals surface area contributed by atoms with Gasteiger partial charge in [0.25, 0.3) is 0 Å². The Kier molecular flexibility index (Phi) is 6.63. The zero-order chi connectivity index (χ0) is 17.5. The van der Waals surface area contributed by atoms with Crippen LogP contribution in [0.3, 0.4) is 0 Å². The molecule has 3 N–H and O–H groups in total. The fourth-order valence-corrected chi connectivity index (χ4v) is 2.99. The van der Waals surface area contributed by atoms with Gasteiger partial charge in [-0.1, -0.05) is 12.1 Å². The summed E-state index contributed by atoms with van der Waals surface area (Å²) in [5, 5.41) is 15.6. The van der Waals surface area contributed by atoms with Gasteiger partial charge in [0.2, 0.25) is 0 Å². The predicted molar refractivity (Wildman–Crippen MR) is 96.5 cm³/mol. The standard InChI is InChI=1S/C18H24N2O3S/c1-12(2)23-15-7-5-14(6-8-15)17(21)11-20-18(22)19-10-16-9-4-13(3)24-16/h4-9,12,17,21H,10-11H2,1-3H3,(H2,19,20,22). The molecule has 0 aliphatic heterocycles. The maximum Gasteiger partial charge on any atom is 0.315 e. The fraction of sp³-hybridized carbons (Fsp3) is 0.389. The monoisotopic (exact) mass is 348 g/mol. The van der Waals surface area contributed by atoms with E-state index >= 15 is 0 Å². The SMILES string of the molecule is Cc1ccc(CNC(=O)NCC(O)c2ccc(OC(C)C)cc2)s1. The van der Waals surface area contributed by atoms with Gasteiger partial charge in [0.05, 0.1) is 18.8 Å². The minimum Gasteiger partial charge on any atom is -0.491 e. The van der Waals surface area contributed by atoms with Crippen LogP contribution in [0, 0.1) is 6.92 Å². The highest BCUT2D eigenvalue weighted by Crippen LogP contribution is 2.18. The minimum absolute atomic E-state index is 0.110. The summed E-state index contributed by atoms with van der Waals surface area (Å²) in [6.45, 7) is 6.59. The van der Waals surface area contributed by atoms with Crippen molar-refractivity contribution in [3.63, 3.8) is 0 Å². The van der Waals surface area contributed by atoms with Crippen LogP contribution in [0.5, 0.6) is 5.75 Å². The first kappa shape index (κ1) is 18.3. The van der Waals surface area contributed by atoms with Crippen LogP contribution in [0.2, 0.25) is 0 Å². The van der Waals surface area contributed by atoms with E-state index in [2.05, 4.69) is 10.6 Å². The Hall–Kier alpha value is -2.05. The third kappa shape index (κ3) is 5.86. The van der Waals surface area contributed by atoms with Crippen LogP contribution in [0.4, 0.5) is 4.79 Å². The van der Waals surface area contributed by atoms with Crippen molar-refractivity contribution < 1.29 is 14.6 Å². The number of carbonyl (C=O) groups is 1. The molecule has 0 saturated heterocycles. The lowest BCUT2D eigenvalue weighted by atomic mass is 10.1. The third-order valence-corrected chi connectivity index (χ3v) is 4.31. The number of urea groups is 1. The molecular weight excluding hydrogens is 324 g/mol. The zero-order valence-electron chi connectivity index (χ0n) is 14.2. The summed E-state index contributed by atoms with van der Waals surface area (Å²) in [7, 11) is 0. The molecule has 2 aromatic rings. The molecule has 0 radical (unpaired) electrons. The predicted octanol–water partition coefficient (Wildman–Crippen LogP) is 3.38. The highest BCUT2D eigenvalue weighted by molar-refractivity contribution is 7.11. The molecule has 1 heterocycles. The number of aliphatic hydroxyl groups is 1. The largest absolute Gasteiger partial charge is 0.491 e. The Morgan fingerprint density at radius 1 is 1.17 bits per heavy atom. The van der Waals surface area contributed by atoms with Gasteiger partial charge < -0.3 is 20.5 Å². The van der Waals surface area contributed by atoms with E-state index < -0.39 is 6.10 Å². The lowest BCUT2D eigenvalue weighted by Crippen LogP contribution is -2.37. The quantitative estimate of drug-likeness (QED) is 0.718. The number of aliphatic hydroxyl groups excluding tert-OH is 1. The number of carbonyl (C=O) groups excluding carboxylic acids is 1. The van der Waals surface area contributed by atoms with E-state index in [0.717, 1.165) is 16.2 Å². The highest BCUT2D eigenvalue weighted by Gasteiger charge is 2.10. The number of hydrogen-bond acceptors (Lipinski definition) is 4. The Bertz CT molecular complexity index is 653. The fourth-order valence-electron chi connectivity index (χ4n) is 2.16. The van der Waals surface area contributed by atoms with Crippen molar-refractivity contribution in [1.82, 2.24) is 10.6 Å². The Morgan fingerprint density at radius 2 is 1.88 bits per heavy atom. The van der Waals surface area contributed by atoms with Crippen LogP contribution in [0.1, 0.15) is 35.3 Å². The van der Waals surface area contributed by atoms with Crippen molar-refractivity contribution in [3.05, 3.63) is 51.7 Å². The number of aryl methyl sites for hydroxylation is 1. The summed E-state index contributed by atoms with van der Waals surface area (Å²) in [5.41, 5.74) is 0.736. The van der Waals surface area contributed by atoms with Crippen LogP contribution in [0.15, 0.2) is 36.4 Å². The van der Waals surface area contributed by atoms with Crippen LogP contribution in [-0.4, -0.2) is 23.8 Å². The van der Waals surface area contributed by atoms with Crippen LogP contribution >= 0.6 is 11.3 Å². The molecular formula is C18H24N2O3S. The van der Waals surface area contributed by atoms with E-state index in [9.17, 15) is 9.90 Å². The lowest BCUT2D eigenvalue weighted by Gasteiger charge is -2.14. The summed E-state index contributed by atoms with van der Waals surface area (Å²) in [4.78, 5) is 14.1. The van der Waals surface area contributed by atoms with E-state index in [1.54, 1.807) is 23.5 Å². The molecule has 1 aromatic heterocycles. The third-order valence-electron chi connectivity index (χ3n) is 3.31. The van der Waals surface area contributed by atoms with E-state index in [-0.39, 0.29) is 18.7 Å². The number of thiophene rings is 1. The summed E-state index contributed by atoms with van der Waals surface area (Å²) < 4.78 is 5.56. The van der Waals surface area contributed by atoms with Crippen molar-refractivity contribution in [2.24, 2.45) is 0 Å². The van der Waals surface area contributed by atoms with Crippen LogP contribution in [-0.2, 0) is 6.54 Å². The number of benzene rings is 1. The number of hydrogen-bond donors (Lipinski definition) is 3. The van der Waals surface area contributed by atoms with Gasteiger partial charge in [0.1, 0.15) is 5.75 Å². The first-order chi connectivity index (χ1) is 11.4.